The maximum atomic E-state index is 11.5. The predicted octanol–water partition coefficient (Wildman–Crippen LogP) is 3.16. The summed E-state index contributed by atoms with van der Waals surface area (Å²) in [7, 11) is 1.70. The molecule has 1 N–H and O–H groups in total. The van der Waals surface area contributed by atoms with Crippen molar-refractivity contribution >= 4 is 5.97 Å². The van der Waals surface area contributed by atoms with E-state index in [0.29, 0.717) is 0 Å². The minimum Gasteiger partial charge on any atom is -0.481 e. The molecule has 3 heteroatoms. The molecule has 1 aromatic rings. The van der Waals surface area contributed by atoms with Crippen LogP contribution in [-0.2, 0) is 21.4 Å². The topological polar surface area (TPSA) is 46.5 Å². The molecule has 0 aliphatic heterocycles. The molecule has 1 aromatic carbocycles. The normalized spacial score (nSPS) is 17.8. The third kappa shape index (κ3) is 2.66. The summed E-state index contributed by atoms with van der Waals surface area (Å²) in [6, 6.07) is 7.97. The zero-order valence-corrected chi connectivity index (χ0v) is 11.9. The van der Waals surface area contributed by atoms with Gasteiger partial charge in [0.25, 0.3) is 0 Å². The summed E-state index contributed by atoms with van der Waals surface area (Å²) in [5, 5.41) is 9.48. The van der Waals surface area contributed by atoms with Gasteiger partial charge in [-0.2, -0.15) is 0 Å². The van der Waals surface area contributed by atoms with Crippen LogP contribution >= 0.6 is 0 Å². The fourth-order valence-corrected chi connectivity index (χ4v) is 2.70. The maximum absolute atomic E-state index is 11.5. The average Bonchev–Trinajstić information content (AvgIpc) is 2.27. The lowest BCUT2D eigenvalue weighted by molar-refractivity contribution is -0.147. The van der Waals surface area contributed by atoms with Gasteiger partial charge >= 0.3 is 5.97 Å². The van der Waals surface area contributed by atoms with E-state index >= 15 is 0 Å². The fraction of sp³-hybridized carbons (Fsp3) is 0.562. The highest BCUT2D eigenvalue weighted by Gasteiger charge is 2.45. The second-order valence-corrected chi connectivity index (χ2v) is 6.08. The Kier molecular flexibility index (Phi) is 3.68. The Balaban J connectivity index is 2.27. The van der Waals surface area contributed by atoms with Gasteiger partial charge < -0.3 is 9.84 Å². The van der Waals surface area contributed by atoms with E-state index in [9.17, 15) is 9.90 Å². The van der Waals surface area contributed by atoms with Gasteiger partial charge in [-0.05, 0) is 37.8 Å². The SMILES string of the molecule is COC(C)(C)Cc1cccc(C2(C(=O)O)CCC2)c1. The molecule has 0 aromatic heterocycles. The number of methoxy groups -OCH3 is 1. The number of carboxylic acid groups (broad SMARTS) is 1. The number of carboxylic acids is 1. The summed E-state index contributed by atoms with van der Waals surface area (Å²) in [5.74, 6) is -0.693. The van der Waals surface area contributed by atoms with Crippen LogP contribution in [0.25, 0.3) is 0 Å². The third-order valence-corrected chi connectivity index (χ3v) is 4.28. The number of benzene rings is 1. The van der Waals surface area contributed by atoms with Crippen molar-refractivity contribution in [2.45, 2.75) is 50.5 Å². The molecule has 0 heterocycles. The van der Waals surface area contributed by atoms with Crippen LogP contribution in [0.1, 0.15) is 44.2 Å². The summed E-state index contributed by atoms with van der Waals surface area (Å²) in [6.45, 7) is 4.08. The van der Waals surface area contributed by atoms with Crippen molar-refractivity contribution in [1.29, 1.82) is 0 Å². The third-order valence-electron chi connectivity index (χ3n) is 4.28. The van der Waals surface area contributed by atoms with Crippen LogP contribution < -0.4 is 0 Å². The van der Waals surface area contributed by atoms with E-state index in [1.54, 1.807) is 7.11 Å². The highest BCUT2D eigenvalue weighted by atomic mass is 16.5. The van der Waals surface area contributed by atoms with E-state index in [2.05, 4.69) is 0 Å². The number of ether oxygens (including phenoxy) is 1. The zero-order chi connectivity index (χ0) is 14.1. The molecule has 0 atom stereocenters. The first-order valence-electron chi connectivity index (χ1n) is 6.78. The minimum atomic E-state index is -0.693. The average molecular weight is 262 g/mol. The van der Waals surface area contributed by atoms with Gasteiger partial charge in [-0.1, -0.05) is 30.7 Å². The highest BCUT2D eigenvalue weighted by molar-refractivity contribution is 5.82. The lowest BCUT2D eigenvalue weighted by Gasteiger charge is -2.38. The zero-order valence-electron chi connectivity index (χ0n) is 11.9. The molecule has 19 heavy (non-hydrogen) atoms. The summed E-state index contributed by atoms with van der Waals surface area (Å²) < 4.78 is 5.44. The Morgan fingerprint density at radius 1 is 1.42 bits per heavy atom. The van der Waals surface area contributed by atoms with Crippen LogP contribution in [0.3, 0.4) is 0 Å². The smallest absolute Gasteiger partial charge is 0.314 e. The molecule has 0 spiro atoms. The van der Waals surface area contributed by atoms with E-state index in [-0.39, 0.29) is 5.60 Å². The number of hydrogen-bond acceptors (Lipinski definition) is 2. The first kappa shape index (κ1) is 14.1. The Bertz CT molecular complexity index is 473. The van der Waals surface area contributed by atoms with Gasteiger partial charge in [0.1, 0.15) is 0 Å². The van der Waals surface area contributed by atoms with Crippen molar-refractivity contribution < 1.29 is 14.6 Å². The second kappa shape index (κ2) is 4.97. The molecule has 1 saturated carbocycles. The van der Waals surface area contributed by atoms with Crippen LogP contribution in [0.5, 0.6) is 0 Å². The Labute approximate surface area is 114 Å². The van der Waals surface area contributed by atoms with Crippen molar-refractivity contribution in [2.75, 3.05) is 7.11 Å². The van der Waals surface area contributed by atoms with Crippen LogP contribution in [-0.4, -0.2) is 23.8 Å². The molecular formula is C16H22O3. The van der Waals surface area contributed by atoms with Gasteiger partial charge in [0.2, 0.25) is 0 Å². The number of hydrogen-bond donors (Lipinski definition) is 1. The van der Waals surface area contributed by atoms with E-state index in [1.807, 2.05) is 38.1 Å². The Hall–Kier alpha value is -1.35. The molecular weight excluding hydrogens is 240 g/mol. The first-order chi connectivity index (χ1) is 8.89. The summed E-state index contributed by atoms with van der Waals surface area (Å²) in [5.41, 5.74) is 1.20. The summed E-state index contributed by atoms with van der Waals surface area (Å²) >= 11 is 0. The van der Waals surface area contributed by atoms with Gasteiger partial charge in [-0.3, -0.25) is 4.79 Å². The van der Waals surface area contributed by atoms with Gasteiger partial charge in [0, 0.05) is 13.5 Å². The molecule has 1 fully saturated rings. The van der Waals surface area contributed by atoms with Gasteiger partial charge in [-0.25, -0.2) is 0 Å². The van der Waals surface area contributed by atoms with Crippen molar-refractivity contribution in [3.05, 3.63) is 35.4 Å². The second-order valence-electron chi connectivity index (χ2n) is 6.08. The standard InChI is InChI=1S/C16H22O3/c1-15(2,19-3)11-12-6-4-7-13(10-12)16(14(17)18)8-5-9-16/h4,6-7,10H,5,8-9,11H2,1-3H3,(H,17,18). The van der Waals surface area contributed by atoms with E-state index in [0.717, 1.165) is 36.8 Å². The first-order valence-corrected chi connectivity index (χ1v) is 6.78. The molecule has 104 valence electrons. The van der Waals surface area contributed by atoms with Crippen molar-refractivity contribution in [2.24, 2.45) is 0 Å². The van der Waals surface area contributed by atoms with E-state index in [1.165, 1.54) is 0 Å². The van der Waals surface area contributed by atoms with Gasteiger partial charge in [0.05, 0.1) is 11.0 Å². The molecule has 0 unspecified atom stereocenters. The molecule has 0 saturated heterocycles. The summed E-state index contributed by atoms with van der Waals surface area (Å²) in [4.78, 5) is 11.5. The lowest BCUT2D eigenvalue weighted by atomic mass is 9.64. The molecule has 1 aliphatic carbocycles. The molecule has 1 aliphatic rings. The lowest BCUT2D eigenvalue weighted by Crippen LogP contribution is -2.42. The molecule has 0 amide bonds. The van der Waals surface area contributed by atoms with E-state index in [4.69, 9.17) is 4.74 Å². The van der Waals surface area contributed by atoms with E-state index < -0.39 is 11.4 Å². The predicted molar refractivity (Wildman–Crippen MR) is 74.4 cm³/mol. The quantitative estimate of drug-likeness (QED) is 0.886. The van der Waals surface area contributed by atoms with Crippen LogP contribution in [0.15, 0.2) is 24.3 Å². The molecule has 0 radical (unpaired) electrons. The fourth-order valence-electron chi connectivity index (χ4n) is 2.70. The molecule has 3 nitrogen and oxygen atoms in total. The maximum Gasteiger partial charge on any atom is 0.314 e. The number of carbonyl (C=O) groups is 1. The Morgan fingerprint density at radius 3 is 2.58 bits per heavy atom. The van der Waals surface area contributed by atoms with Crippen LogP contribution in [0.4, 0.5) is 0 Å². The largest absolute Gasteiger partial charge is 0.481 e. The monoisotopic (exact) mass is 262 g/mol. The van der Waals surface area contributed by atoms with Crippen LogP contribution in [0, 0.1) is 0 Å². The highest BCUT2D eigenvalue weighted by Crippen LogP contribution is 2.44. The molecule has 2 rings (SSSR count). The number of aliphatic carboxylic acids is 1. The van der Waals surface area contributed by atoms with Gasteiger partial charge in [-0.15, -0.1) is 0 Å². The van der Waals surface area contributed by atoms with Crippen molar-refractivity contribution in [3.8, 4) is 0 Å². The number of rotatable bonds is 5. The molecule has 0 bridgehead atoms. The van der Waals surface area contributed by atoms with Crippen molar-refractivity contribution in [1.82, 2.24) is 0 Å². The Morgan fingerprint density at radius 2 is 2.11 bits per heavy atom. The van der Waals surface area contributed by atoms with Gasteiger partial charge in [0.15, 0.2) is 0 Å². The summed E-state index contributed by atoms with van der Waals surface area (Å²) in [6.07, 6.45) is 3.28. The minimum absolute atomic E-state index is 0.228. The van der Waals surface area contributed by atoms with Crippen molar-refractivity contribution in [3.63, 3.8) is 0 Å². The van der Waals surface area contributed by atoms with Crippen LogP contribution in [0.2, 0.25) is 0 Å².